The Morgan fingerprint density at radius 3 is 2.13 bits per heavy atom. The lowest BCUT2D eigenvalue weighted by Crippen LogP contribution is -2.20. The summed E-state index contributed by atoms with van der Waals surface area (Å²) in [7, 11) is 0. The first-order valence-corrected chi connectivity index (χ1v) is 10.6. The second-order valence-corrected chi connectivity index (χ2v) is 8.13. The van der Waals surface area contributed by atoms with E-state index in [0.29, 0.717) is 27.0 Å². The van der Waals surface area contributed by atoms with Gasteiger partial charge in [0.05, 0.1) is 5.69 Å². The number of para-hydroxylation sites is 1. The van der Waals surface area contributed by atoms with Gasteiger partial charge in [0.1, 0.15) is 0 Å². The highest BCUT2D eigenvalue weighted by Crippen LogP contribution is 2.15. The number of nitrogens with zero attached hydrogens (tertiary/aromatic N) is 3. The average Bonchev–Trinajstić information content (AvgIpc) is 3.19. The van der Waals surface area contributed by atoms with Crippen LogP contribution < -0.4 is 9.99 Å². The zero-order valence-corrected chi connectivity index (χ0v) is 18.2. The molecular formula is C22H14Cl2N4O2S. The van der Waals surface area contributed by atoms with Gasteiger partial charge < -0.3 is 5.32 Å². The van der Waals surface area contributed by atoms with Crippen LogP contribution >= 0.6 is 34.7 Å². The van der Waals surface area contributed by atoms with Gasteiger partial charge in [-0.15, -0.1) is 5.10 Å². The molecule has 0 bridgehead atoms. The van der Waals surface area contributed by atoms with Crippen LogP contribution in [0.1, 0.15) is 20.8 Å². The first-order chi connectivity index (χ1) is 15.0. The summed E-state index contributed by atoms with van der Waals surface area (Å²) in [5.41, 5.74) is 1.67. The second kappa shape index (κ2) is 9.26. The van der Waals surface area contributed by atoms with Gasteiger partial charge in [-0.05, 0) is 72.2 Å². The molecule has 3 aromatic carbocycles. The lowest BCUT2D eigenvalue weighted by Gasteiger charge is -2.02. The van der Waals surface area contributed by atoms with Crippen molar-refractivity contribution in [3.8, 4) is 5.69 Å². The predicted octanol–water partition coefficient (Wildman–Crippen LogP) is 5.23. The third-order valence-electron chi connectivity index (χ3n) is 4.15. The number of anilines is 1. The summed E-state index contributed by atoms with van der Waals surface area (Å²) in [6.45, 7) is 0. The molecule has 6 nitrogen and oxygen atoms in total. The maximum absolute atomic E-state index is 12.9. The summed E-state index contributed by atoms with van der Waals surface area (Å²) >= 11 is 12.9. The van der Waals surface area contributed by atoms with Gasteiger partial charge in [0.2, 0.25) is 0 Å². The van der Waals surface area contributed by atoms with Crippen molar-refractivity contribution in [1.29, 1.82) is 0 Å². The van der Waals surface area contributed by atoms with E-state index in [2.05, 4.69) is 15.4 Å². The fourth-order valence-corrected chi connectivity index (χ4v) is 3.74. The predicted molar refractivity (Wildman–Crippen MR) is 122 cm³/mol. The number of nitrogens with one attached hydrogen (secondary N) is 1. The summed E-state index contributed by atoms with van der Waals surface area (Å²) < 4.78 is 1.70. The van der Waals surface area contributed by atoms with E-state index in [4.69, 9.17) is 23.2 Å². The van der Waals surface area contributed by atoms with Gasteiger partial charge in [0, 0.05) is 21.3 Å². The second-order valence-electron chi connectivity index (χ2n) is 6.34. The third-order valence-corrected chi connectivity index (χ3v) is 5.58. The molecule has 0 saturated heterocycles. The fourth-order valence-electron chi connectivity index (χ4n) is 2.64. The molecule has 1 N–H and O–H groups in total. The van der Waals surface area contributed by atoms with Crippen molar-refractivity contribution in [1.82, 2.24) is 9.17 Å². The summed E-state index contributed by atoms with van der Waals surface area (Å²) in [4.78, 5) is 29.7. The first-order valence-electron chi connectivity index (χ1n) is 9.07. The van der Waals surface area contributed by atoms with E-state index in [-0.39, 0.29) is 10.4 Å². The Balaban J connectivity index is 1.76. The minimum Gasteiger partial charge on any atom is -0.321 e. The number of benzene rings is 3. The number of halogens is 2. The Hall–Kier alpha value is -3.26. The van der Waals surface area contributed by atoms with E-state index in [1.165, 1.54) is 4.07 Å². The molecule has 0 saturated carbocycles. The largest absolute Gasteiger partial charge is 0.321 e. The molecule has 4 aromatic rings. The molecule has 0 radical (unpaired) electrons. The molecule has 0 aliphatic rings. The SMILES string of the molecule is O=C(N=c1sn(-c2ccc(Cl)cc2)nc1C(=O)Nc1ccccc1)c1ccc(Cl)cc1. The van der Waals surface area contributed by atoms with Crippen LogP contribution in [0.3, 0.4) is 0 Å². The van der Waals surface area contributed by atoms with Crippen molar-refractivity contribution in [2.24, 2.45) is 4.99 Å². The van der Waals surface area contributed by atoms with E-state index < -0.39 is 11.8 Å². The monoisotopic (exact) mass is 468 g/mol. The Morgan fingerprint density at radius 1 is 0.871 bits per heavy atom. The van der Waals surface area contributed by atoms with Crippen LogP contribution in [0.5, 0.6) is 0 Å². The molecule has 0 aliphatic carbocycles. The van der Waals surface area contributed by atoms with Crippen LogP contribution in [0.25, 0.3) is 5.69 Å². The lowest BCUT2D eigenvalue weighted by atomic mass is 10.2. The molecule has 9 heteroatoms. The number of hydrogen-bond acceptors (Lipinski definition) is 4. The summed E-state index contributed by atoms with van der Waals surface area (Å²) in [6.07, 6.45) is 0. The van der Waals surface area contributed by atoms with E-state index in [1.54, 1.807) is 72.8 Å². The molecule has 154 valence electrons. The van der Waals surface area contributed by atoms with Crippen molar-refractivity contribution in [3.63, 3.8) is 0 Å². The van der Waals surface area contributed by atoms with Gasteiger partial charge in [-0.1, -0.05) is 41.4 Å². The van der Waals surface area contributed by atoms with Crippen molar-refractivity contribution in [3.05, 3.63) is 105 Å². The van der Waals surface area contributed by atoms with Gasteiger partial charge in [0.15, 0.2) is 10.4 Å². The van der Waals surface area contributed by atoms with Crippen LogP contribution in [0.2, 0.25) is 10.0 Å². The highest BCUT2D eigenvalue weighted by molar-refractivity contribution is 7.04. The van der Waals surface area contributed by atoms with E-state index in [0.717, 1.165) is 11.5 Å². The highest BCUT2D eigenvalue weighted by Gasteiger charge is 2.17. The molecule has 0 atom stereocenters. The minimum absolute atomic E-state index is 0.0334. The maximum Gasteiger partial charge on any atom is 0.279 e. The summed E-state index contributed by atoms with van der Waals surface area (Å²) in [6, 6.07) is 22.3. The lowest BCUT2D eigenvalue weighted by molar-refractivity contribution is 0.0999. The smallest absolute Gasteiger partial charge is 0.279 e. The Bertz CT molecular complexity index is 1300. The molecule has 4 rings (SSSR count). The summed E-state index contributed by atoms with van der Waals surface area (Å²) in [5.74, 6) is -0.977. The highest BCUT2D eigenvalue weighted by atomic mass is 35.5. The Labute approximate surface area is 191 Å². The zero-order valence-electron chi connectivity index (χ0n) is 15.8. The molecule has 31 heavy (non-hydrogen) atoms. The van der Waals surface area contributed by atoms with Crippen molar-refractivity contribution in [2.75, 3.05) is 5.32 Å². The van der Waals surface area contributed by atoms with Crippen molar-refractivity contribution < 1.29 is 9.59 Å². The van der Waals surface area contributed by atoms with Crippen LogP contribution in [0.15, 0.2) is 83.9 Å². The van der Waals surface area contributed by atoms with Gasteiger partial charge in [-0.2, -0.15) is 9.06 Å². The standard InChI is InChI=1S/C22H14Cl2N4O2S/c23-15-8-6-14(7-9-15)20(29)26-22-19(21(30)25-17-4-2-1-3-5-17)27-28(31-22)18-12-10-16(24)11-13-18/h1-13H,(H,25,30). The van der Waals surface area contributed by atoms with Gasteiger partial charge >= 0.3 is 0 Å². The molecule has 0 unspecified atom stereocenters. The minimum atomic E-state index is -0.502. The molecule has 0 fully saturated rings. The quantitative estimate of drug-likeness (QED) is 0.445. The van der Waals surface area contributed by atoms with Gasteiger partial charge in [-0.25, -0.2) is 0 Å². The number of aromatic nitrogens is 2. The van der Waals surface area contributed by atoms with Crippen LogP contribution in [0, 0.1) is 0 Å². The van der Waals surface area contributed by atoms with Crippen LogP contribution in [-0.4, -0.2) is 21.0 Å². The van der Waals surface area contributed by atoms with Gasteiger partial charge in [-0.3, -0.25) is 9.59 Å². The number of hydrogen-bond donors (Lipinski definition) is 1. The van der Waals surface area contributed by atoms with Gasteiger partial charge in [0.25, 0.3) is 11.8 Å². The normalized spacial score (nSPS) is 11.4. The number of rotatable bonds is 4. The number of carbonyl (C=O) groups is 2. The number of carbonyl (C=O) groups excluding carboxylic acids is 2. The summed E-state index contributed by atoms with van der Waals surface area (Å²) in [5, 5.41) is 8.24. The number of amides is 2. The molecule has 0 aliphatic heterocycles. The molecule has 1 heterocycles. The van der Waals surface area contributed by atoms with E-state index in [9.17, 15) is 9.59 Å². The van der Waals surface area contributed by atoms with Crippen molar-refractivity contribution >= 4 is 52.2 Å². The average molecular weight is 469 g/mol. The van der Waals surface area contributed by atoms with E-state index >= 15 is 0 Å². The molecule has 1 aromatic heterocycles. The third kappa shape index (κ3) is 5.08. The zero-order chi connectivity index (χ0) is 21.8. The molecular weight excluding hydrogens is 455 g/mol. The molecule has 0 spiro atoms. The first kappa shape index (κ1) is 21.0. The Morgan fingerprint density at radius 2 is 1.48 bits per heavy atom. The maximum atomic E-state index is 12.9. The Kier molecular flexibility index (Phi) is 6.27. The molecule has 2 amide bonds. The fraction of sp³-hybridized carbons (Fsp3) is 0. The van der Waals surface area contributed by atoms with E-state index in [1.807, 2.05) is 6.07 Å². The topological polar surface area (TPSA) is 76.3 Å². The van der Waals surface area contributed by atoms with Crippen LogP contribution in [-0.2, 0) is 0 Å². The van der Waals surface area contributed by atoms with Crippen LogP contribution in [0.4, 0.5) is 5.69 Å². The van der Waals surface area contributed by atoms with Crippen molar-refractivity contribution in [2.45, 2.75) is 0 Å².